The number of amidine groups is 1. The fourth-order valence-electron chi connectivity index (χ4n) is 2.39. The summed E-state index contributed by atoms with van der Waals surface area (Å²) in [6.07, 6.45) is -4.59. The Morgan fingerprint density at radius 1 is 1.09 bits per heavy atom. The number of aliphatic imine (C=N–C) groups is 1. The van der Waals surface area contributed by atoms with Crippen LogP contribution >= 0.6 is 11.6 Å². The lowest BCUT2D eigenvalue weighted by atomic mass is 10.1. The Balaban J connectivity index is 2.31. The molecule has 3 rings (SSSR count). The Kier molecular flexibility index (Phi) is 3.25. The zero-order valence-corrected chi connectivity index (χ0v) is 12.6. The maximum absolute atomic E-state index is 13.1. The van der Waals surface area contributed by atoms with Crippen LogP contribution in [0.25, 0.3) is 10.8 Å². The van der Waals surface area contributed by atoms with Gasteiger partial charge in [-0.05, 0) is 25.3 Å². The van der Waals surface area contributed by atoms with Crippen LogP contribution < -0.4 is 10.4 Å². The molecular formula is C15H13ClF3N3. The van der Waals surface area contributed by atoms with E-state index in [1.165, 1.54) is 5.01 Å². The lowest BCUT2D eigenvalue weighted by Gasteiger charge is -2.39. The quantitative estimate of drug-likeness (QED) is 0.605. The van der Waals surface area contributed by atoms with E-state index in [2.05, 4.69) is 10.4 Å². The largest absolute Gasteiger partial charge is 0.450 e. The number of benzene rings is 2. The van der Waals surface area contributed by atoms with Crippen LogP contribution in [0.2, 0.25) is 0 Å². The predicted octanol–water partition coefficient (Wildman–Crippen LogP) is 4.73. The second-order valence-electron chi connectivity index (χ2n) is 5.47. The van der Waals surface area contributed by atoms with Crippen molar-refractivity contribution in [3.8, 4) is 0 Å². The normalized spacial score (nSPS) is 15.4. The molecular weight excluding hydrogens is 315 g/mol. The summed E-state index contributed by atoms with van der Waals surface area (Å²) in [4.78, 5) is 2.72. The van der Waals surface area contributed by atoms with Gasteiger partial charge < -0.3 is 0 Å². The first-order chi connectivity index (χ1) is 10.2. The summed E-state index contributed by atoms with van der Waals surface area (Å²) < 4.78 is 39.4. The number of hydrogen-bond acceptors (Lipinski definition) is 3. The Morgan fingerprint density at radius 3 is 2.41 bits per heavy atom. The van der Waals surface area contributed by atoms with Crippen molar-refractivity contribution >= 4 is 39.6 Å². The SMILES string of the molecule is CC(C)(Cl)N1NC(C(F)(F)F)=Nc2c1ccc1ccccc21. The topological polar surface area (TPSA) is 27.6 Å². The van der Waals surface area contributed by atoms with E-state index in [0.717, 1.165) is 5.39 Å². The molecule has 116 valence electrons. The van der Waals surface area contributed by atoms with E-state index in [-0.39, 0.29) is 5.69 Å². The van der Waals surface area contributed by atoms with Crippen molar-refractivity contribution in [2.75, 3.05) is 5.01 Å². The van der Waals surface area contributed by atoms with Crippen LogP contribution in [0.15, 0.2) is 41.4 Å². The summed E-state index contributed by atoms with van der Waals surface area (Å²) >= 11 is 6.25. The third-order valence-corrected chi connectivity index (χ3v) is 3.53. The van der Waals surface area contributed by atoms with Crippen LogP contribution in [0.3, 0.4) is 0 Å². The van der Waals surface area contributed by atoms with Gasteiger partial charge in [-0.1, -0.05) is 41.9 Å². The maximum Gasteiger partial charge on any atom is 0.450 e. The predicted molar refractivity (Wildman–Crippen MR) is 82.6 cm³/mol. The Hall–Kier alpha value is -1.95. The molecule has 0 aliphatic carbocycles. The summed E-state index contributed by atoms with van der Waals surface area (Å²) in [5.74, 6) is -1.08. The number of halogens is 4. The second-order valence-corrected chi connectivity index (χ2v) is 6.39. The van der Waals surface area contributed by atoms with E-state index in [1.807, 2.05) is 18.2 Å². The molecule has 1 N–H and O–H groups in total. The van der Waals surface area contributed by atoms with E-state index in [9.17, 15) is 13.2 Å². The number of hydrogen-bond donors (Lipinski definition) is 1. The average molecular weight is 328 g/mol. The summed E-state index contributed by atoms with van der Waals surface area (Å²) in [6, 6.07) is 10.7. The van der Waals surface area contributed by atoms with Gasteiger partial charge in [-0.15, -0.1) is 0 Å². The number of anilines is 1. The zero-order valence-electron chi connectivity index (χ0n) is 11.9. The van der Waals surface area contributed by atoms with Crippen LogP contribution in [-0.2, 0) is 0 Å². The van der Waals surface area contributed by atoms with Crippen LogP contribution in [0.5, 0.6) is 0 Å². The van der Waals surface area contributed by atoms with Crippen LogP contribution in [0.1, 0.15) is 13.8 Å². The number of alkyl halides is 4. The van der Waals surface area contributed by atoms with Crippen LogP contribution in [-0.4, -0.2) is 17.0 Å². The third-order valence-electron chi connectivity index (χ3n) is 3.36. The van der Waals surface area contributed by atoms with Crippen molar-refractivity contribution in [1.29, 1.82) is 0 Å². The smallest absolute Gasteiger partial charge is 0.276 e. The van der Waals surface area contributed by atoms with Gasteiger partial charge in [0.2, 0.25) is 5.84 Å². The summed E-state index contributed by atoms with van der Waals surface area (Å²) in [7, 11) is 0. The third kappa shape index (κ3) is 2.47. The molecule has 1 heterocycles. The Labute approximate surface area is 130 Å². The molecule has 0 saturated heterocycles. The van der Waals surface area contributed by atoms with Gasteiger partial charge in [0.05, 0.1) is 11.4 Å². The molecule has 7 heteroatoms. The fourth-order valence-corrected chi connectivity index (χ4v) is 2.52. The lowest BCUT2D eigenvalue weighted by molar-refractivity contribution is -0.0621. The number of nitrogens with one attached hydrogen (secondary N) is 1. The number of hydrazine groups is 1. The van der Waals surface area contributed by atoms with Crippen molar-refractivity contribution in [2.45, 2.75) is 25.0 Å². The van der Waals surface area contributed by atoms with Crippen molar-refractivity contribution in [2.24, 2.45) is 4.99 Å². The van der Waals surface area contributed by atoms with Crippen molar-refractivity contribution < 1.29 is 13.2 Å². The highest BCUT2D eigenvalue weighted by molar-refractivity contribution is 6.25. The molecule has 0 bridgehead atoms. The molecule has 2 aromatic rings. The highest BCUT2D eigenvalue weighted by Crippen LogP contribution is 2.42. The molecule has 0 amide bonds. The molecule has 0 spiro atoms. The van der Waals surface area contributed by atoms with E-state index in [1.54, 1.807) is 32.0 Å². The monoisotopic (exact) mass is 327 g/mol. The first-order valence-electron chi connectivity index (χ1n) is 6.61. The molecule has 1 aliphatic heterocycles. The van der Waals surface area contributed by atoms with E-state index in [0.29, 0.717) is 11.1 Å². The molecule has 22 heavy (non-hydrogen) atoms. The van der Waals surface area contributed by atoms with Crippen molar-refractivity contribution in [3.63, 3.8) is 0 Å². The first-order valence-corrected chi connectivity index (χ1v) is 6.99. The minimum atomic E-state index is -4.59. The van der Waals surface area contributed by atoms with Gasteiger partial charge >= 0.3 is 6.18 Å². The minimum absolute atomic E-state index is 0.262. The van der Waals surface area contributed by atoms with Gasteiger partial charge in [0.25, 0.3) is 0 Å². The van der Waals surface area contributed by atoms with Crippen LogP contribution in [0, 0.1) is 0 Å². The second kappa shape index (κ2) is 4.78. The summed E-state index contributed by atoms with van der Waals surface area (Å²) in [6.45, 7) is 3.22. The zero-order chi connectivity index (χ0) is 16.1. The number of nitrogens with zero attached hydrogens (tertiary/aromatic N) is 2. The standard InChI is InChI=1S/C15H13ClF3N3/c1-14(2,16)22-11-8-7-9-5-3-4-6-10(9)12(11)20-13(21-22)15(17,18)19/h3-8H,1-2H3,(H,20,21). The summed E-state index contributed by atoms with van der Waals surface area (Å²) in [5.41, 5.74) is 3.05. The van der Waals surface area contributed by atoms with Crippen LogP contribution in [0.4, 0.5) is 24.5 Å². The minimum Gasteiger partial charge on any atom is -0.276 e. The van der Waals surface area contributed by atoms with E-state index < -0.39 is 17.0 Å². The number of fused-ring (bicyclic) bond motifs is 3. The maximum atomic E-state index is 13.1. The van der Waals surface area contributed by atoms with E-state index in [4.69, 9.17) is 11.6 Å². The fraction of sp³-hybridized carbons (Fsp3) is 0.267. The van der Waals surface area contributed by atoms with E-state index >= 15 is 0 Å². The summed E-state index contributed by atoms with van der Waals surface area (Å²) in [5, 5.41) is 2.75. The molecule has 0 unspecified atom stereocenters. The van der Waals surface area contributed by atoms with Crippen molar-refractivity contribution in [3.05, 3.63) is 36.4 Å². The molecule has 0 saturated carbocycles. The molecule has 1 aliphatic rings. The lowest BCUT2D eigenvalue weighted by Crippen LogP contribution is -2.56. The highest BCUT2D eigenvalue weighted by Gasteiger charge is 2.42. The highest BCUT2D eigenvalue weighted by atomic mass is 35.5. The molecule has 2 aromatic carbocycles. The van der Waals surface area contributed by atoms with Gasteiger partial charge in [-0.2, -0.15) is 13.2 Å². The van der Waals surface area contributed by atoms with Gasteiger partial charge in [-0.3, -0.25) is 10.4 Å². The van der Waals surface area contributed by atoms with Gasteiger partial charge in [0, 0.05) is 5.39 Å². The molecule has 0 fully saturated rings. The van der Waals surface area contributed by atoms with Gasteiger partial charge in [0.15, 0.2) is 0 Å². The van der Waals surface area contributed by atoms with Crippen molar-refractivity contribution in [1.82, 2.24) is 5.43 Å². The molecule has 3 nitrogen and oxygen atoms in total. The van der Waals surface area contributed by atoms with Gasteiger partial charge in [0.1, 0.15) is 5.00 Å². The Morgan fingerprint density at radius 2 is 1.77 bits per heavy atom. The molecule has 0 aromatic heterocycles. The average Bonchev–Trinajstić information content (AvgIpc) is 2.44. The first kappa shape index (κ1) is 15.0. The Bertz CT molecular complexity index is 763. The van der Waals surface area contributed by atoms with Gasteiger partial charge in [-0.25, -0.2) is 4.99 Å². The molecule has 0 atom stereocenters. The number of rotatable bonds is 1. The molecule has 0 radical (unpaired) electrons.